The Bertz CT molecular complexity index is 2430. The molecule has 3 N–H and O–H groups in total. The summed E-state index contributed by atoms with van der Waals surface area (Å²) >= 11 is 0. The van der Waals surface area contributed by atoms with Gasteiger partial charge in [0.15, 0.2) is 17.4 Å². The number of hydrogen-bond donors (Lipinski definition) is 3. The first-order valence-corrected chi connectivity index (χ1v) is 20.3. The molecule has 17 heteroatoms. The van der Waals surface area contributed by atoms with Crippen LogP contribution in [0.5, 0.6) is 5.75 Å². The monoisotopic (exact) mass is 813 g/mol. The van der Waals surface area contributed by atoms with Crippen molar-refractivity contribution in [2.24, 2.45) is 5.92 Å². The molecule has 4 aliphatic rings. The predicted octanol–water partition coefficient (Wildman–Crippen LogP) is 5.33. The van der Waals surface area contributed by atoms with Crippen LogP contribution in [0.25, 0.3) is 16.4 Å². The van der Waals surface area contributed by atoms with E-state index in [0.717, 1.165) is 105 Å². The van der Waals surface area contributed by atoms with E-state index in [1.165, 1.54) is 0 Å². The molecule has 6 heterocycles. The van der Waals surface area contributed by atoms with Crippen molar-refractivity contribution in [3.05, 3.63) is 83.6 Å². The minimum Gasteiger partial charge on any atom is -0.503 e. The first-order chi connectivity index (χ1) is 28.5. The first-order valence-electron chi connectivity index (χ1n) is 20.3. The molecule has 4 fully saturated rings. The average Bonchev–Trinajstić information content (AvgIpc) is 3.98. The molecule has 0 bridgehead atoms. The molecule has 3 aliphatic heterocycles. The molecule has 4 amide bonds. The van der Waals surface area contributed by atoms with E-state index in [1.54, 1.807) is 15.6 Å². The Kier molecular flexibility index (Phi) is 10.4. The number of nitrogens with zero attached hydrogens (tertiary/aromatic N) is 7. The zero-order chi connectivity index (χ0) is 40.8. The summed E-state index contributed by atoms with van der Waals surface area (Å²) in [6.45, 7) is 5.70. The fourth-order valence-corrected chi connectivity index (χ4v) is 9.20. The molecule has 1 aliphatic carbocycles. The number of phenolic OH excluding ortho intramolecular Hbond substituents is 1. The van der Waals surface area contributed by atoms with Gasteiger partial charge in [0.2, 0.25) is 11.7 Å². The second-order valence-corrected chi connectivity index (χ2v) is 16.4. The molecule has 5 aromatic rings. The molecular formula is C42H46F3N9O5. The number of aromatic nitrogens is 4. The molecule has 3 aromatic heterocycles. The number of nitrogens with one attached hydrogen (secondary N) is 2. The van der Waals surface area contributed by atoms with Gasteiger partial charge >= 0.3 is 6.03 Å². The zero-order valence-electron chi connectivity index (χ0n) is 32.5. The largest absolute Gasteiger partial charge is 0.503 e. The van der Waals surface area contributed by atoms with Crippen molar-refractivity contribution in [2.75, 3.05) is 62.2 Å². The molecule has 14 nitrogen and oxygen atoms in total. The van der Waals surface area contributed by atoms with E-state index in [2.05, 4.69) is 56.0 Å². The summed E-state index contributed by atoms with van der Waals surface area (Å²) in [6.07, 6.45) is 12.1. The maximum Gasteiger partial charge on any atom is 0.328 e. The van der Waals surface area contributed by atoms with Gasteiger partial charge in [-0.25, -0.2) is 18.1 Å². The predicted molar refractivity (Wildman–Crippen MR) is 212 cm³/mol. The van der Waals surface area contributed by atoms with Gasteiger partial charge in [0.25, 0.3) is 5.91 Å². The van der Waals surface area contributed by atoms with Gasteiger partial charge in [-0.1, -0.05) is 6.07 Å². The topological polar surface area (TPSA) is 150 Å². The Morgan fingerprint density at radius 3 is 2.68 bits per heavy atom. The first kappa shape index (κ1) is 38.8. The molecule has 310 valence electrons. The second-order valence-electron chi connectivity index (χ2n) is 16.4. The van der Waals surface area contributed by atoms with Crippen LogP contribution in [0, 0.1) is 23.4 Å². The number of pyridine rings is 1. The molecule has 2 aromatic carbocycles. The summed E-state index contributed by atoms with van der Waals surface area (Å²) in [5.74, 6) is -7.24. The standard InChI is InChI=1S/C42H46F3N9O5/c43-32-19-31(37(44)38(45)39(32)56)40(57)46-20-26-3-7-29(8-4-26)53-23-28-6-9-30(18-33(28)49-53)51-15-12-42(25-51)24-50(16-17-59-42)13-1-2-27-5-10-34-35(21-47-54(34)22-27)52-14-11-36(55)48-41(52)58/h5-6,9-10,18-19,21-23,26,29,56H,1-4,7-8,11-17,20,24-25H2,(H,46,57)(H,48,55,58)/t26-,29-,42-/m0/s1. The number of morpholine rings is 1. The SMILES string of the molecule is O=C1CCN(c2cnn3cc(CCCN4CCO[C@@]5(CCN(c6ccc7cn([C@H]8CC[C@H](CNC(=O)c9cc(F)c(O)c(F)c9F)CC8)nc7c6)C5)C4)ccc23)C(=O)N1. The number of rotatable bonds is 10. The van der Waals surface area contributed by atoms with E-state index < -0.39 is 40.7 Å². The number of aryl methyl sites for hydroxylation is 1. The number of halogens is 3. The Hall–Kier alpha value is -5.68. The van der Waals surface area contributed by atoms with Gasteiger partial charge < -0.3 is 20.1 Å². The minimum atomic E-state index is -1.78. The van der Waals surface area contributed by atoms with Crippen LogP contribution in [0.3, 0.4) is 0 Å². The maximum atomic E-state index is 14.2. The van der Waals surface area contributed by atoms with E-state index in [9.17, 15) is 32.7 Å². The van der Waals surface area contributed by atoms with Crippen LogP contribution in [-0.4, -0.2) is 105 Å². The molecule has 9 rings (SSSR count). The fourth-order valence-electron chi connectivity index (χ4n) is 9.20. The number of benzene rings is 2. The summed E-state index contributed by atoms with van der Waals surface area (Å²) < 4.78 is 52.0. The summed E-state index contributed by atoms with van der Waals surface area (Å²) in [5, 5.41) is 24.7. The maximum absolute atomic E-state index is 14.2. The third-order valence-electron chi connectivity index (χ3n) is 12.5. The summed E-state index contributed by atoms with van der Waals surface area (Å²) in [7, 11) is 0. The zero-order valence-corrected chi connectivity index (χ0v) is 32.5. The van der Waals surface area contributed by atoms with E-state index in [0.29, 0.717) is 24.9 Å². The van der Waals surface area contributed by atoms with E-state index in [1.807, 2.05) is 16.9 Å². The molecule has 1 spiro atoms. The molecule has 1 saturated carbocycles. The summed E-state index contributed by atoms with van der Waals surface area (Å²) in [5.41, 5.74) is 3.72. The van der Waals surface area contributed by atoms with Crippen LogP contribution >= 0.6 is 0 Å². The highest BCUT2D eigenvalue weighted by Crippen LogP contribution is 2.36. The number of anilines is 2. The van der Waals surface area contributed by atoms with Crippen molar-refractivity contribution in [3.63, 3.8) is 0 Å². The molecular weight excluding hydrogens is 768 g/mol. The van der Waals surface area contributed by atoms with Gasteiger partial charge in [-0.05, 0) is 93.3 Å². The van der Waals surface area contributed by atoms with Crippen molar-refractivity contribution in [2.45, 2.75) is 63.0 Å². The van der Waals surface area contributed by atoms with Crippen molar-refractivity contribution in [1.82, 2.24) is 34.9 Å². The van der Waals surface area contributed by atoms with Gasteiger partial charge in [0.05, 0.1) is 46.7 Å². The molecule has 0 unspecified atom stereocenters. The molecule has 1 atom stereocenters. The van der Waals surface area contributed by atoms with Gasteiger partial charge in [-0.2, -0.15) is 14.6 Å². The van der Waals surface area contributed by atoms with Crippen LogP contribution < -0.4 is 20.4 Å². The highest BCUT2D eigenvalue weighted by atomic mass is 19.2. The Morgan fingerprint density at radius 1 is 1.00 bits per heavy atom. The third kappa shape index (κ3) is 7.80. The van der Waals surface area contributed by atoms with Gasteiger partial charge in [0.1, 0.15) is 0 Å². The number of carbonyl (C=O) groups is 3. The number of hydrogen-bond acceptors (Lipinski definition) is 9. The quantitative estimate of drug-likeness (QED) is 0.159. The summed E-state index contributed by atoms with van der Waals surface area (Å²) in [4.78, 5) is 42.9. The van der Waals surface area contributed by atoms with E-state index >= 15 is 0 Å². The number of carbonyl (C=O) groups excluding carboxylic acids is 3. The van der Waals surface area contributed by atoms with E-state index in [4.69, 9.17) is 9.84 Å². The highest BCUT2D eigenvalue weighted by molar-refractivity contribution is 6.07. The van der Waals surface area contributed by atoms with Crippen molar-refractivity contribution >= 4 is 45.6 Å². The van der Waals surface area contributed by atoms with Crippen molar-refractivity contribution < 1.29 is 37.4 Å². The number of imide groups is 1. The lowest BCUT2D eigenvalue weighted by Crippen LogP contribution is -2.53. The highest BCUT2D eigenvalue weighted by Gasteiger charge is 2.43. The van der Waals surface area contributed by atoms with Crippen LogP contribution in [0.15, 0.2) is 55.0 Å². The van der Waals surface area contributed by atoms with Crippen LogP contribution in [0.4, 0.5) is 29.3 Å². The lowest BCUT2D eigenvalue weighted by atomic mass is 9.86. The number of amides is 4. The minimum absolute atomic E-state index is 0.127. The third-order valence-corrected chi connectivity index (χ3v) is 12.5. The van der Waals surface area contributed by atoms with Crippen LogP contribution in [0.1, 0.15) is 66.9 Å². The van der Waals surface area contributed by atoms with E-state index in [-0.39, 0.29) is 36.4 Å². The normalized spacial score (nSPS) is 22.8. The number of phenols is 1. The number of ether oxygens (including phenoxy) is 1. The number of aromatic hydroxyl groups is 1. The van der Waals surface area contributed by atoms with Gasteiger partial charge in [-0.15, -0.1) is 0 Å². The average molecular weight is 814 g/mol. The van der Waals surface area contributed by atoms with Gasteiger partial charge in [-0.3, -0.25) is 29.4 Å². The van der Waals surface area contributed by atoms with Gasteiger partial charge in [0, 0.05) is 69.2 Å². The summed E-state index contributed by atoms with van der Waals surface area (Å²) in [6, 6.07) is 10.8. The smallest absolute Gasteiger partial charge is 0.328 e. The molecule has 3 saturated heterocycles. The lowest BCUT2D eigenvalue weighted by Gasteiger charge is -2.40. The Labute approximate surface area is 337 Å². The molecule has 59 heavy (non-hydrogen) atoms. The lowest BCUT2D eigenvalue weighted by molar-refractivity contribution is -0.120. The number of urea groups is 1. The number of fused-ring (bicyclic) bond motifs is 2. The Balaban J connectivity index is 0.752. The van der Waals surface area contributed by atoms with Crippen LogP contribution in [0.2, 0.25) is 0 Å². The second kappa shape index (κ2) is 15.8. The van der Waals surface area contributed by atoms with Crippen molar-refractivity contribution in [3.8, 4) is 5.75 Å². The van der Waals surface area contributed by atoms with Crippen LogP contribution in [-0.2, 0) is 16.0 Å². The van der Waals surface area contributed by atoms with Crippen molar-refractivity contribution in [1.29, 1.82) is 0 Å². The molecule has 0 radical (unpaired) electrons. The fraction of sp³-hybridized carbons (Fsp3) is 0.452. The Morgan fingerprint density at radius 2 is 1.85 bits per heavy atom.